The maximum atomic E-state index is 12.4. The summed E-state index contributed by atoms with van der Waals surface area (Å²) in [6, 6.07) is 6.26. The summed E-state index contributed by atoms with van der Waals surface area (Å²) in [4.78, 5) is 14.7. The minimum absolute atomic E-state index is 0.250. The average Bonchev–Trinajstić information content (AvgIpc) is 3.44. The van der Waals surface area contributed by atoms with Gasteiger partial charge in [0.2, 0.25) is 0 Å². The van der Waals surface area contributed by atoms with Crippen LogP contribution < -0.4 is 10.1 Å². The highest BCUT2D eigenvalue weighted by Gasteiger charge is 2.25. The highest BCUT2D eigenvalue weighted by Crippen LogP contribution is 2.31. The SMILES string of the molecule is CN1CC[C@@H]1COc1cnn(C)c1-c1ccn2nc(NC(=O)c3cnn(C)c3)cc2c1. The Morgan fingerprint density at radius 3 is 2.81 bits per heavy atom. The first-order chi connectivity index (χ1) is 15.0. The van der Waals surface area contributed by atoms with Crippen molar-refractivity contribution >= 4 is 17.2 Å². The third-order valence-electron chi connectivity index (χ3n) is 5.72. The Kier molecular flexibility index (Phi) is 4.70. The van der Waals surface area contributed by atoms with Crippen LogP contribution in [0, 0.1) is 0 Å². The predicted molar refractivity (Wildman–Crippen MR) is 115 cm³/mol. The number of likely N-dealkylation sites (N-methyl/N-ethyl adjacent to an activating group) is 1. The summed E-state index contributed by atoms with van der Waals surface area (Å²) >= 11 is 0. The van der Waals surface area contributed by atoms with Crippen LogP contribution >= 0.6 is 0 Å². The first-order valence-corrected chi connectivity index (χ1v) is 10.1. The zero-order valence-electron chi connectivity index (χ0n) is 17.7. The van der Waals surface area contributed by atoms with Crippen LogP contribution in [0.5, 0.6) is 5.75 Å². The van der Waals surface area contributed by atoms with Crippen LogP contribution in [0.3, 0.4) is 0 Å². The second kappa shape index (κ2) is 7.55. The predicted octanol–water partition coefficient (Wildman–Crippen LogP) is 1.80. The van der Waals surface area contributed by atoms with Crippen molar-refractivity contribution in [2.75, 3.05) is 25.5 Å². The Hall–Kier alpha value is -3.66. The Bertz CT molecular complexity index is 1250. The van der Waals surface area contributed by atoms with Gasteiger partial charge in [-0.1, -0.05) is 0 Å². The standard InChI is InChI=1S/C21H24N8O2/c1-26-6-5-16(26)13-31-18-11-23-28(3)20(18)14-4-7-29-17(8-14)9-19(25-29)24-21(30)15-10-22-27(2)12-15/h4,7-12,16H,5-6,13H2,1-3H3,(H,24,25,30)/t16-/m1/s1. The van der Waals surface area contributed by atoms with Crippen molar-refractivity contribution in [3.05, 3.63) is 48.5 Å². The number of nitrogens with one attached hydrogen (secondary N) is 1. The van der Waals surface area contributed by atoms with E-state index in [1.165, 1.54) is 6.20 Å². The molecule has 10 heteroatoms. The number of anilines is 1. The van der Waals surface area contributed by atoms with Gasteiger partial charge in [0.1, 0.15) is 12.3 Å². The van der Waals surface area contributed by atoms with E-state index in [0.29, 0.717) is 24.0 Å². The smallest absolute Gasteiger partial charge is 0.260 e. The fourth-order valence-electron chi connectivity index (χ4n) is 3.75. The number of ether oxygens (including phenoxy) is 1. The molecule has 0 unspecified atom stereocenters. The highest BCUT2D eigenvalue weighted by atomic mass is 16.5. The minimum Gasteiger partial charge on any atom is -0.488 e. The summed E-state index contributed by atoms with van der Waals surface area (Å²) < 4.78 is 11.2. The highest BCUT2D eigenvalue weighted by molar-refractivity contribution is 6.03. The quantitative estimate of drug-likeness (QED) is 0.511. The molecule has 1 N–H and O–H groups in total. The molecule has 4 aromatic heterocycles. The van der Waals surface area contributed by atoms with Gasteiger partial charge in [-0.2, -0.15) is 15.3 Å². The normalized spacial score (nSPS) is 16.4. The summed E-state index contributed by atoms with van der Waals surface area (Å²) in [6.45, 7) is 1.76. The number of likely N-dealkylation sites (tertiary alicyclic amines) is 1. The second-order valence-electron chi connectivity index (χ2n) is 7.89. The van der Waals surface area contributed by atoms with Crippen molar-refractivity contribution < 1.29 is 9.53 Å². The average molecular weight is 420 g/mol. The van der Waals surface area contributed by atoms with E-state index in [1.807, 2.05) is 36.1 Å². The molecular formula is C21H24N8O2. The van der Waals surface area contributed by atoms with Crippen LogP contribution in [0.15, 0.2) is 43.0 Å². The number of rotatable bonds is 6. The molecule has 5 rings (SSSR count). The van der Waals surface area contributed by atoms with Crippen molar-refractivity contribution in [2.24, 2.45) is 14.1 Å². The lowest BCUT2D eigenvalue weighted by Gasteiger charge is -2.37. The molecule has 5 heterocycles. The van der Waals surface area contributed by atoms with Gasteiger partial charge < -0.3 is 10.1 Å². The number of pyridine rings is 1. The van der Waals surface area contributed by atoms with E-state index in [1.54, 1.807) is 28.6 Å². The molecule has 0 saturated carbocycles. The summed E-state index contributed by atoms with van der Waals surface area (Å²) in [6.07, 6.45) is 7.96. The lowest BCUT2D eigenvalue weighted by atomic mass is 10.1. The summed E-state index contributed by atoms with van der Waals surface area (Å²) in [7, 11) is 5.78. The zero-order valence-corrected chi connectivity index (χ0v) is 17.7. The molecular weight excluding hydrogens is 396 g/mol. The van der Waals surface area contributed by atoms with Crippen molar-refractivity contribution in [1.82, 2.24) is 34.1 Å². The molecule has 10 nitrogen and oxygen atoms in total. The fraction of sp³-hybridized carbons (Fsp3) is 0.333. The monoisotopic (exact) mass is 420 g/mol. The molecule has 0 aromatic carbocycles. The molecule has 1 amide bonds. The van der Waals surface area contributed by atoms with Gasteiger partial charge in [0, 0.05) is 44.2 Å². The number of hydrogen-bond donors (Lipinski definition) is 1. The van der Waals surface area contributed by atoms with Crippen molar-refractivity contribution in [3.63, 3.8) is 0 Å². The van der Waals surface area contributed by atoms with Gasteiger partial charge in [-0.15, -0.1) is 0 Å². The van der Waals surface area contributed by atoms with E-state index < -0.39 is 0 Å². The number of aromatic nitrogens is 6. The number of hydrogen-bond acceptors (Lipinski definition) is 6. The van der Waals surface area contributed by atoms with Gasteiger partial charge >= 0.3 is 0 Å². The second-order valence-corrected chi connectivity index (χ2v) is 7.89. The van der Waals surface area contributed by atoms with Gasteiger partial charge in [0.25, 0.3) is 5.91 Å². The van der Waals surface area contributed by atoms with E-state index in [0.717, 1.165) is 35.5 Å². The van der Waals surface area contributed by atoms with Crippen LogP contribution in [-0.4, -0.2) is 66.2 Å². The van der Waals surface area contributed by atoms with E-state index >= 15 is 0 Å². The van der Waals surface area contributed by atoms with Gasteiger partial charge in [0.15, 0.2) is 11.6 Å². The molecule has 0 radical (unpaired) electrons. The van der Waals surface area contributed by atoms with Crippen LogP contribution in [0.1, 0.15) is 16.8 Å². The van der Waals surface area contributed by atoms with Crippen molar-refractivity contribution in [3.8, 4) is 17.0 Å². The van der Waals surface area contributed by atoms with Crippen LogP contribution in [-0.2, 0) is 14.1 Å². The molecule has 0 spiro atoms. The first-order valence-electron chi connectivity index (χ1n) is 10.1. The van der Waals surface area contributed by atoms with Crippen LogP contribution in [0.4, 0.5) is 5.82 Å². The zero-order chi connectivity index (χ0) is 21.5. The number of carbonyl (C=O) groups is 1. The van der Waals surface area contributed by atoms with Gasteiger partial charge in [-0.3, -0.25) is 19.1 Å². The molecule has 0 aliphatic carbocycles. The molecule has 1 aliphatic heterocycles. The number of carbonyl (C=O) groups excluding carboxylic acids is 1. The van der Waals surface area contributed by atoms with Crippen LogP contribution in [0.2, 0.25) is 0 Å². The fourth-order valence-corrected chi connectivity index (χ4v) is 3.75. The number of nitrogens with zero attached hydrogens (tertiary/aromatic N) is 7. The minimum atomic E-state index is -0.250. The Labute approximate surface area is 179 Å². The lowest BCUT2D eigenvalue weighted by molar-refractivity contribution is 0.0771. The molecule has 0 bridgehead atoms. The van der Waals surface area contributed by atoms with E-state index in [2.05, 4.69) is 32.6 Å². The Balaban J connectivity index is 1.38. The molecule has 4 aromatic rings. The summed E-state index contributed by atoms with van der Waals surface area (Å²) in [5.74, 6) is 0.984. The van der Waals surface area contributed by atoms with Crippen LogP contribution in [0.25, 0.3) is 16.8 Å². The van der Waals surface area contributed by atoms with Gasteiger partial charge in [-0.25, -0.2) is 4.52 Å². The third-order valence-corrected chi connectivity index (χ3v) is 5.72. The van der Waals surface area contributed by atoms with E-state index in [4.69, 9.17) is 4.74 Å². The molecule has 31 heavy (non-hydrogen) atoms. The summed E-state index contributed by atoms with van der Waals surface area (Å²) in [5.41, 5.74) is 3.21. The first kappa shape index (κ1) is 19.3. The topological polar surface area (TPSA) is 94.5 Å². The number of aryl methyl sites for hydroxylation is 2. The maximum Gasteiger partial charge on any atom is 0.260 e. The molecule has 160 valence electrons. The Morgan fingerprint density at radius 2 is 2.10 bits per heavy atom. The van der Waals surface area contributed by atoms with E-state index in [-0.39, 0.29) is 5.91 Å². The molecule has 1 aliphatic rings. The maximum absolute atomic E-state index is 12.4. The summed E-state index contributed by atoms with van der Waals surface area (Å²) in [5, 5.41) is 15.7. The Morgan fingerprint density at radius 1 is 1.23 bits per heavy atom. The lowest BCUT2D eigenvalue weighted by Crippen LogP contribution is -2.48. The van der Waals surface area contributed by atoms with Gasteiger partial charge in [-0.05, 0) is 32.1 Å². The molecule has 1 atom stereocenters. The van der Waals surface area contributed by atoms with E-state index in [9.17, 15) is 4.79 Å². The molecule has 1 saturated heterocycles. The number of fused-ring (bicyclic) bond motifs is 1. The number of amides is 1. The largest absolute Gasteiger partial charge is 0.488 e. The van der Waals surface area contributed by atoms with Gasteiger partial charge in [0.05, 0.1) is 23.5 Å². The molecule has 1 fully saturated rings. The third kappa shape index (κ3) is 3.66. The van der Waals surface area contributed by atoms with Crippen molar-refractivity contribution in [1.29, 1.82) is 0 Å². The van der Waals surface area contributed by atoms with Crippen molar-refractivity contribution in [2.45, 2.75) is 12.5 Å².